The lowest BCUT2D eigenvalue weighted by Crippen LogP contribution is -2.47. The summed E-state index contributed by atoms with van der Waals surface area (Å²) in [6.07, 6.45) is -0.192. The van der Waals surface area contributed by atoms with Crippen molar-refractivity contribution in [2.45, 2.75) is 31.0 Å². The van der Waals surface area contributed by atoms with Crippen LogP contribution >= 0.6 is 0 Å². The van der Waals surface area contributed by atoms with Crippen LogP contribution in [0, 0.1) is 0 Å². The molecule has 0 aliphatic carbocycles. The van der Waals surface area contributed by atoms with Gasteiger partial charge in [0.05, 0.1) is 0 Å². The molecule has 2 atom stereocenters. The second kappa shape index (κ2) is 3.84. The van der Waals surface area contributed by atoms with E-state index in [2.05, 4.69) is 15.3 Å². The number of alkyl halides is 3. The number of imidazole rings is 1. The van der Waals surface area contributed by atoms with E-state index in [1.807, 2.05) is 0 Å². The first-order chi connectivity index (χ1) is 7.07. The lowest BCUT2D eigenvalue weighted by Gasteiger charge is -2.30. The van der Waals surface area contributed by atoms with Crippen molar-refractivity contribution in [3.8, 4) is 0 Å². The third-order valence-electron chi connectivity index (χ3n) is 2.70. The number of halogens is 3. The topological polar surface area (TPSA) is 40.7 Å². The molecule has 84 valence electrons. The van der Waals surface area contributed by atoms with Crippen LogP contribution < -0.4 is 5.32 Å². The van der Waals surface area contributed by atoms with E-state index in [9.17, 15) is 13.2 Å². The Morgan fingerprint density at radius 3 is 2.80 bits per heavy atom. The number of nitrogens with zero attached hydrogens (tertiary/aromatic N) is 1. The van der Waals surface area contributed by atoms with Gasteiger partial charge in [0.2, 0.25) is 0 Å². The van der Waals surface area contributed by atoms with Gasteiger partial charge < -0.3 is 10.3 Å². The maximum Gasteiger partial charge on any atom is 0.403 e. The monoisotopic (exact) mass is 219 g/mol. The fraction of sp³-hybridized carbons (Fsp3) is 0.667. The highest BCUT2D eigenvalue weighted by Gasteiger charge is 2.42. The quantitative estimate of drug-likeness (QED) is 0.756. The Bertz CT molecular complexity index is 307. The van der Waals surface area contributed by atoms with Gasteiger partial charge in [0.15, 0.2) is 0 Å². The van der Waals surface area contributed by atoms with Crippen LogP contribution in [0.2, 0.25) is 0 Å². The van der Waals surface area contributed by atoms with E-state index >= 15 is 0 Å². The van der Waals surface area contributed by atoms with Gasteiger partial charge in [-0.15, -0.1) is 0 Å². The van der Waals surface area contributed by atoms with E-state index in [-0.39, 0.29) is 12.3 Å². The number of H-pyrrole nitrogens is 1. The molecular weight excluding hydrogens is 207 g/mol. The van der Waals surface area contributed by atoms with Crippen LogP contribution in [0.3, 0.4) is 0 Å². The molecule has 0 bridgehead atoms. The number of hydrogen-bond acceptors (Lipinski definition) is 2. The zero-order valence-corrected chi connectivity index (χ0v) is 8.01. The molecule has 1 saturated heterocycles. The minimum atomic E-state index is -4.16. The molecule has 0 aromatic carbocycles. The fourth-order valence-electron chi connectivity index (χ4n) is 1.92. The highest BCUT2D eigenvalue weighted by molar-refractivity contribution is 5.01. The van der Waals surface area contributed by atoms with E-state index in [0.29, 0.717) is 18.8 Å². The van der Waals surface area contributed by atoms with Crippen molar-refractivity contribution in [2.75, 3.05) is 6.54 Å². The Morgan fingerprint density at radius 2 is 2.20 bits per heavy atom. The summed E-state index contributed by atoms with van der Waals surface area (Å²) in [5, 5.41) is 2.48. The molecule has 0 spiro atoms. The summed E-state index contributed by atoms with van der Waals surface area (Å²) in [6, 6.07) is -1.40. The summed E-state index contributed by atoms with van der Waals surface area (Å²) in [5.41, 5.74) is 0. The minimum Gasteiger partial charge on any atom is -0.348 e. The first-order valence-corrected chi connectivity index (χ1v) is 4.87. The van der Waals surface area contributed by atoms with Crippen molar-refractivity contribution in [2.24, 2.45) is 0 Å². The lowest BCUT2D eigenvalue weighted by molar-refractivity contribution is -0.161. The van der Waals surface area contributed by atoms with Gasteiger partial charge in [0.25, 0.3) is 0 Å². The van der Waals surface area contributed by atoms with E-state index in [4.69, 9.17) is 0 Å². The molecule has 3 nitrogen and oxygen atoms in total. The highest BCUT2D eigenvalue weighted by atomic mass is 19.4. The van der Waals surface area contributed by atoms with Crippen molar-refractivity contribution in [1.82, 2.24) is 15.3 Å². The number of aromatic nitrogens is 2. The largest absolute Gasteiger partial charge is 0.403 e. The summed E-state index contributed by atoms with van der Waals surface area (Å²) in [4.78, 5) is 6.88. The maximum absolute atomic E-state index is 12.5. The first kappa shape index (κ1) is 10.5. The average Bonchev–Trinajstić information content (AvgIpc) is 2.69. The molecule has 0 radical (unpaired) electrons. The Kier molecular flexibility index (Phi) is 2.68. The van der Waals surface area contributed by atoms with E-state index in [0.717, 1.165) is 0 Å². The molecule has 1 aromatic heterocycles. The third kappa shape index (κ3) is 2.31. The summed E-state index contributed by atoms with van der Waals surface area (Å²) in [7, 11) is 0. The zero-order chi connectivity index (χ0) is 10.9. The molecule has 1 aliphatic heterocycles. The zero-order valence-electron chi connectivity index (χ0n) is 8.01. The normalized spacial score (nSPS) is 27.9. The molecule has 15 heavy (non-hydrogen) atoms. The predicted molar refractivity (Wildman–Crippen MR) is 48.4 cm³/mol. The summed E-state index contributed by atoms with van der Waals surface area (Å²) >= 11 is 0. The van der Waals surface area contributed by atoms with Gasteiger partial charge in [0, 0.05) is 18.3 Å². The Balaban J connectivity index is 2.05. The average molecular weight is 219 g/mol. The van der Waals surface area contributed by atoms with Gasteiger partial charge in [0.1, 0.15) is 11.9 Å². The Morgan fingerprint density at radius 1 is 1.40 bits per heavy atom. The van der Waals surface area contributed by atoms with Crippen molar-refractivity contribution in [3.05, 3.63) is 18.2 Å². The smallest absolute Gasteiger partial charge is 0.348 e. The summed E-state index contributed by atoms with van der Waals surface area (Å²) in [6.45, 7) is 0.384. The van der Waals surface area contributed by atoms with Gasteiger partial charge in [-0.05, 0) is 19.4 Å². The third-order valence-corrected chi connectivity index (χ3v) is 2.70. The van der Waals surface area contributed by atoms with Crippen LogP contribution in [-0.2, 0) is 0 Å². The van der Waals surface area contributed by atoms with Crippen molar-refractivity contribution < 1.29 is 13.2 Å². The van der Waals surface area contributed by atoms with Gasteiger partial charge in [-0.1, -0.05) is 0 Å². The summed E-state index contributed by atoms with van der Waals surface area (Å²) in [5.74, 6) is 0.540. The van der Waals surface area contributed by atoms with Crippen LogP contribution in [-0.4, -0.2) is 28.7 Å². The number of hydrogen-bond donors (Lipinski definition) is 2. The van der Waals surface area contributed by atoms with Crippen LogP contribution in [0.15, 0.2) is 12.4 Å². The Labute approximate surface area is 85.1 Å². The molecule has 0 saturated carbocycles. The molecule has 2 N–H and O–H groups in total. The number of aromatic amines is 1. The molecule has 1 aromatic rings. The molecule has 1 aliphatic rings. The molecule has 2 heterocycles. The second-order valence-corrected chi connectivity index (χ2v) is 3.74. The first-order valence-electron chi connectivity index (χ1n) is 4.87. The molecule has 2 rings (SSSR count). The number of piperidine rings is 1. The second-order valence-electron chi connectivity index (χ2n) is 3.74. The van der Waals surface area contributed by atoms with Crippen LogP contribution in [0.1, 0.15) is 24.6 Å². The molecule has 0 amide bonds. The SMILES string of the molecule is FC(F)(F)C1CC(c2ncc[nH]2)CCN1. The number of rotatable bonds is 1. The van der Waals surface area contributed by atoms with Gasteiger partial charge >= 0.3 is 6.18 Å². The van der Waals surface area contributed by atoms with Gasteiger partial charge in [-0.3, -0.25) is 0 Å². The highest BCUT2D eigenvalue weighted by Crippen LogP contribution is 2.32. The van der Waals surface area contributed by atoms with Crippen molar-refractivity contribution in [3.63, 3.8) is 0 Å². The van der Waals surface area contributed by atoms with Crippen molar-refractivity contribution in [1.29, 1.82) is 0 Å². The molecule has 1 fully saturated rings. The van der Waals surface area contributed by atoms with Crippen LogP contribution in [0.5, 0.6) is 0 Å². The molecule has 2 unspecified atom stereocenters. The van der Waals surface area contributed by atoms with E-state index < -0.39 is 12.2 Å². The van der Waals surface area contributed by atoms with Crippen molar-refractivity contribution >= 4 is 0 Å². The van der Waals surface area contributed by atoms with Crippen LogP contribution in [0.4, 0.5) is 13.2 Å². The standard InChI is InChI=1S/C9H12F3N3/c10-9(11,12)7-5-6(1-2-13-7)8-14-3-4-15-8/h3-4,6-7,13H,1-2,5H2,(H,14,15). The van der Waals surface area contributed by atoms with E-state index in [1.165, 1.54) is 0 Å². The summed E-state index contributed by atoms with van der Waals surface area (Å²) < 4.78 is 37.4. The number of nitrogens with one attached hydrogen (secondary N) is 2. The molecule has 6 heteroatoms. The van der Waals surface area contributed by atoms with Gasteiger partial charge in [-0.25, -0.2) is 4.98 Å². The minimum absolute atomic E-state index is 0.0665. The Hall–Kier alpha value is -1.04. The predicted octanol–water partition coefficient (Wildman–Crippen LogP) is 1.81. The maximum atomic E-state index is 12.5. The lowest BCUT2D eigenvalue weighted by atomic mass is 9.91. The fourth-order valence-corrected chi connectivity index (χ4v) is 1.92. The van der Waals surface area contributed by atoms with Crippen LogP contribution in [0.25, 0.3) is 0 Å². The van der Waals surface area contributed by atoms with E-state index in [1.54, 1.807) is 12.4 Å². The molecular formula is C9H12F3N3. The van der Waals surface area contributed by atoms with Gasteiger partial charge in [-0.2, -0.15) is 13.2 Å².